The van der Waals surface area contributed by atoms with Gasteiger partial charge in [-0.15, -0.1) is 0 Å². The van der Waals surface area contributed by atoms with E-state index in [0.717, 1.165) is 47.9 Å². The van der Waals surface area contributed by atoms with Gasteiger partial charge in [0.15, 0.2) is 0 Å². The third-order valence-corrected chi connectivity index (χ3v) is 6.74. The van der Waals surface area contributed by atoms with Crippen LogP contribution >= 0.6 is 0 Å². The van der Waals surface area contributed by atoms with E-state index in [2.05, 4.69) is 58.2 Å². The Labute approximate surface area is 190 Å². The molecule has 6 heteroatoms. The van der Waals surface area contributed by atoms with Crippen molar-refractivity contribution in [3.05, 3.63) is 39.2 Å². The summed E-state index contributed by atoms with van der Waals surface area (Å²) in [5.74, 6) is 0.638. The monoisotopic (exact) mass is 440 g/mol. The van der Waals surface area contributed by atoms with E-state index in [-0.39, 0.29) is 35.0 Å². The first-order valence-corrected chi connectivity index (χ1v) is 11.6. The minimum absolute atomic E-state index is 0.0233. The van der Waals surface area contributed by atoms with Crippen LogP contribution in [0.25, 0.3) is 11.0 Å². The van der Waals surface area contributed by atoms with Crippen LogP contribution in [0.3, 0.4) is 0 Å². The van der Waals surface area contributed by atoms with Crippen molar-refractivity contribution < 1.29 is 13.9 Å². The van der Waals surface area contributed by atoms with Gasteiger partial charge in [0.2, 0.25) is 5.91 Å². The molecule has 1 aromatic carbocycles. The van der Waals surface area contributed by atoms with Gasteiger partial charge in [-0.2, -0.15) is 0 Å². The zero-order valence-corrected chi connectivity index (χ0v) is 20.4. The highest BCUT2D eigenvalue weighted by molar-refractivity contribution is 5.86. The molecule has 1 fully saturated rings. The second-order valence-electron chi connectivity index (χ2n) is 11.6. The van der Waals surface area contributed by atoms with Gasteiger partial charge in [-0.3, -0.25) is 4.79 Å². The number of amides is 1. The van der Waals surface area contributed by atoms with Crippen molar-refractivity contribution in [1.29, 1.82) is 0 Å². The highest BCUT2D eigenvalue weighted by atomic mass is 16.5. The molecule has 3 heterocycles. The molecule has 4 rings (SSSR count). The fourth-order valence-corrected chi connectivity index (χ4v) is 5.60. The fourth-order valence-electron chi connectivity index (χ4n) is 5.60. The number of aryl methyl sites for hydroxylation is 2. The predicted molar refractivity (Wildman–Crippen MR) is 126 cm³/mol. The van der Waals surface area contributed by atoms with Crippen molar-refractivity contribution in [2.75, 3.05) is 0 Å². The highest BCUT2D eigenvalue weighted by Crippen LogP contribution is 2.37. The van der Waals surface area contributed by atoms with E-state index in [1.165, 1.54) is 0 Å². The predicted octanol–water partition coefficient (Wildman–Crippen LogP) is 4.17. The van der Waals surface area contributed by atoms with Crippen LogP contribution in [-0.4, -0.2) is 28.6 Å². The number of ether oxygens (including phenoxy) is 1. The molecule has 32 heavy (non-hydrogen) atoms. The standard InChI is InChI=1S/C26H36N2O4/c1-15-18-10-16-8-9-26(6,7)32-20(16)12-21(18)31-23(30)19(15)11-22(29)27-17-13-24(2,3)28-25(4,5)14-17/h10,12,17,28H,8-9,11,13-14H2,1-7H3,(H,27,29). The molecule has 1 aromatic heterocycles. The van der Waals surface area contributed by atoms with Crippen LogP contribution < -0.4 is 21.0 Å². The molecule has 0 unspecified atom stereocenters. The van der Waals surface area contributed by atoms with Crippen molar-refractivity contribution in [2.45, 2.75) is 103 Å². The molecule has 174 valence electrons. The number of benzene rings is 1. The van der Waals surface area contributed by atoms with Crippen molar-refractivity contribution >= 4 is 16.9 Å². The summed E-state index contributed by atoms with van der Waals surface area (Å²) in [4.78, 5) is 25.7. The quantitative estimate of drug-likeness (QED) is 0.700. The van der Waals surface area contributed by atoms with Crippen LogP contribution in [0.2, 0.25) is 0 Å². The van der Waals surface area contributed by atoms with Crippen LogP contribution in [0, 0.1) is 6.92 Å². The van der Waals surface area contributed by atoms with Crippen molar-refractivity contribution in [3.8, 4) is 5.75 Å². The van der Waals surface area contributed by atoms with Gasteiger partial charge in [-0.05, 0) is 91.3 Å². The van der Waals surface area contributed by atoms with Gasteiger partial charge in [0, 0.05) is 28.6 Å². The van der Waals surface area contributed by atoms with Crippen LogP contribution in [0.15, 0.2) is 21.3 Å². The molecule has 2 aromatic rings. The van der Waals surface area contributed by atoms with Crippen LogP contribution in [0.5, 0.6) is 5.75 Å². The number of hydrogen-bond donors (Lipinski definition) is 2. The van der Waals surface area contributed by atoms with E-state index in [1.807, 2.05) is 13.0 Å². The van der Waals surface area contributed by atoms with E-state index in [4.69, 9.17) is 9.15 Å². The second-order valence-corrected chi connectivity index (χ2v) is 11.6. The Hall–Kier alpha value is -2.34. The zero-order chi connectivity index (χ0) is 23.5. The lowest BCUT2D eigenvalue weighted by Gasteiger charge is -2.46. The van der Waals surface area contributed by atoms with Gasteiger partial charge < -0.3 is 19.8 Å². The summed E-state index contributed by atoms with van der Waals surface area (Å²) in [6, 6.07) is 3.94. The first-order chi connectivity index (χ1) is 14.7. The second kappa shape index (κ2) is 7.62. The average Bonchev–Trinajstić information content (AvgIpc) is 2.60. The minimum Gasteiger partial charge on any atom is -0.487 e. The maximum Gasteiger partial charge on any atom is 0.340 e. The Balaban J connectivity index is 1.58. The normalized spacial score (nSPS) is 21.6. The Kier molecular flexibility index (Phi) is 5.44. The number of fused-ring (bicyclic) bond motifs is 2. The number of carbonyl (C=O) groups is 1. The Bertz CT molecular complexity index is 1110. The van der Waals surface area contributed by atoms with Gasteiger partial charge in [0.05, 0.1) is 12.0 Å². The largest absolute Gasteiger partial charge is 0.487 e. The first-order valence-electron chi connectivity index (χ1n) is 11.6. The maximum absolute atomic E-state index is 12.9. The van der Waals surface area contributed by atoms with Crippen LogP contribution in [0.1, 0.15) is 77.5 Å². The average molecular weight is 441 g/mol. The van der Waals surface area contributed by atoms with Gasteiger partial charge in [-0.25, -0.2) is 4.79 Å². The SMILES string of the molecule is Cc1c(CC(=O)NC2CC(C)(C)NC(C)(C)C2)c(=O)oc2cc3c(cc12)CCC(C)(C)O3. The summed E-state index contributed by atoms with van der Waals surface area (Å²) in [5.41, 5.74) is 2.06. The third-order valence-electron chi connectivity index (χ3n) is 6.74. The van der Waals surface area contributed by atoms with Gasteiger partial charge in [0.25, 0.3) is 0 Å². The number of carbonyl (C=O) groups excluding carboxylic acids is 1. The molecule has 0 spiro atoms. The van der Waals surface area contributed by atoms with Crippen molar-refractivity contribution in [1.82, 2.24) is 10.6 Å². The van der Waals surface area contributed by atoms with E-state index in [0.29, 0.717) is 11.1 Å². The van der Waals surface area contributed by atoms with Crippen LogP contribution in [-0.2, 0) is 17.6 Å². The van der Waals surface area contributed by atoms with E-state index < -0.39 is 5.63 Å². The smallest absolute Gasteiger partial charge is 0.340 e. The number of nitrogens with one attached hydrogen (secondary N) is 2. The van der Waals surface area contributed by atoms with E-state index >= 15 is 0 Å². The summed E-state index contributed by atoms with van der Waals surface area (Å²) in [7, 11) is 0. The molecule has 0 aliphatic carbocycles. The highest BCUT2D eigenvalue weighted by Gasteiger charge is 2.38. The minimum atomic E-state index is -0.453. The summed E-state index contributed by atoms with van der Waals surface area (Å²) < 4.78 is 11.7. The molecule has 2 aliphatic rings. The Morgan fingerprint density at radius 3 is 2.44 bits per heavy atom. The van der Waals surface area contributed by atoms with Crippen molar-refractivity contribution in [2.24, 2.45) is 0 Å². The number of rotatable bonds is 3. The fraction of sp³-hybridized carbons (Fsp3) is 0.615. The lowest BCUT2D eigenvalue weighted by molar-refractivity contribution is -0.121. The molecule has 2 N–H and O–H groups in total. The van der Waals surface area contributed by atoms with Gasteiger partial charge in [0.1, 0.15) is 16.9 Å². The summed E-state index contributed by atoms with van der Waals surface area (Å²) >= 11 is 0. The Morgan fingerprint density at radius 2 is 1.78 bits per heavy atom. The lowest BCUT2D eigenvalue weighted by Crippen LogP contribution is -2.62. The lowest BCUT2D eigenvalue weighted by atomic mass is 9.79. The maximum atomic E-state index is 12.9. The molecule has 0 radical (unpaired) electrons. The topological polar surface area (TPSA) is 80.6 Å². The molecule has 0 atom stereocenters. The number of piperidine rings is 1. The molecular weight excluding hydrogens is 404 g/mol. The van der Waals surface area contributed by atoms with Crippen LogP contribution in [0.4, 0.5) is 0 Å². The molecular formula is C26H36N2O4. The van der Waals surface area contributed by atoms with Crippen molar-refractivity contribution in [3.63, 3.8) is 0 Å². The zero-order valence-electron chi connectivity index (χ0n) is 20.4. The van der Waals surface area contributed by atoms with Gasteiger partial charge >= 0.3 is 5.63 Å². The molecule has 1 saturated heterocycles. The molecule has 0 bridgehead atoms. The van der Waals surface area contributed by atoms with E-state index in [9.17, 15) is 9.59 Å². The summed E-state index contributed by atoms with van der Waals surface area (Å²) in [6.45, 7) is 14.6. The third kappa shape index (κ3) is 4.70. The first kappa shape index (κ1) is 22.8. The Morgan fingerprint density at radius 1 is 1.12 bits per heavy atom. The number of hydrogen-bond acceptors (Lipinski definition) is 5. The van der Waals surface area contributed by atoms with Gasteiger partial charge in [-0.1, -0.05) is 0 Å². The summed E-state index contributed by atoms with van der Waals surface area (Å²) in [6.07, 6.45) is 3.55. The van der Waals surface area contributed by atoms with E-state index in [1.54, 1.807) is 0 Å². The molecule has 1 amide bonds. The molecule has 6 nitrogen and oxygen atoms in total. The molecule has 0 saturated carbocycles. The summed E-state index contributed by atoms with van der Waals surface area (Å²) in [5, 5.41) is 7.66. The molecule has 2 aliphatic heterocycles.